The van der Waals surface area contributed by atoms with Gasteiger partial charge in [0.1, 0.15) is 5.69 Å². The first kappa shape index (κ1) is 11.5. The van der Waals surface area contributed by atoms with Crippen molar-refractivity contribution in [2.75, 3.05) is 0 Å². The van der Waals surface area contributed by atoms with Crippen molar-refractivity contribution < 1.29 is 9.90 Å². The Morgan fingerprint density at radius 2 is 1.94 bits per heavy atom. The van der Waals surface area contributed by atoms with Gasteiger partial charge in [0.25, 0.3) is 0 Å². The first-order valence-corrected chi connectivity index (χ1v) is 5.72. The van der Waals surface area contributed by atoms with Crippen LogP contribution in [0.1, 0.15) is 29.4 Å². The monoisotopic (exact) mass is 229 g/mol. The molecule has 0 saturated carbocycles. The second kappa shape index (κ2) is 4.87. The van der Waals surface area contributed by atoms with Gasteiger partial charge < -0.3 is 9.67 Å². The molecule has 0 aliphatic rings. The van der Waals surface area contributed by atoms with E-state index in [0.29, 0.717) is 0 Å². The summed E-state index contributed by atoms with van der Waals surface area (Å²) in [7, 11) is 0. The number of rotatable bonds is 4. The Morgan fingerprint density at radius 3 is 2.53 bits per heavy atom. The molecule has 0 saturated heterocycles. The zero-order valence-corrected chi connectivity index (χ0v) is 9.76. The maximum Gasteiger partial charge on any atom is 0.352 e. The molecule has 1 N–H and O–H groups in total. The van der Waals surface area contributed by atoms with Crippen molar-refractivity contribution in [2.24, 2.45) is 0 Å². The van der Waals surface area contributed by atoms with Crippen molar-refractivity contribution in [2.45, 2.75) is 19.8 Å². The highest BCUT2D eigenvalue weighted by Gasteiger charge is 2.09. The molecule has 0 amide bonds. The van der Waals surface area contributed by atoms with Gasteiger partial charge >= 0.3 is 5.97 Å². The van der Waals surface area contributed by atoms with Crippen LogP contribution in [0.25, 0.3) is 5.69 Å². The predicted molar refractivity (Wildman–Crippen MR) is 66.7 cm³/mol. The fourth-order valence-electron chi connectivity index (χ4n) is 1.89. The topological polar surface area (TPSA) is 42.2 Å². The number of carbonyl (C=O) groups is 1. The van der Waals surface area contributed by atoms with E-state index in [1.165, 1.54) is 5.56 Å². The molecule has 0 radical (unpaired) electrons. The van der Waals surface area contributed by atoms with Gasteiger partial charge in [0.05, 0.1) is 0 Å². The van der Waals surface area contributed by atoms with Crippen LogP contribution in [-0.2, 0) is 6.42 Å². The third-order valence-corrected chi connectivity index (χ3v) is 2.72. The van der Waals surface area contributed by atoms with Gasteiger partial charge in [0.15, 0.2) is 0 Å². The van der Waals surface area contributed by atoms with Crippen LogP contribution in [0.3, 0.4) is 0 Å². The maximum atomic E-state index is 11.0. The van der Waals surface area contributed by atoms with Crippen LogP contribution >= 0.6 is 0 Å². The highest BCUT2D eigenvalue weighted by atomic mass is 16.4. The van der Waals surface area contributed by atoms with Crippen LogP contribution < -0.4 is 0 Å². The average Bonchev–Trinajstić information content (AvgIpc) is 2.79. The Bertz CT molecular complexity index is 511. The first-order valence-electron chi connectivity index (χ1n) is 5.72. The SMILES string of the molecule is CCCc1ccc(-n2cccc2C(=O)O)cc1. The summed E-state index contributed by atoms with van der Waals surface area (Å²) in [5, 5.41) is 9.03. The predicted octanol–water partition coefficient (Wildman–Crippen LogP) is 3.13. The summed E-state index contributed by atoms with van der Waals surface area (Å²) >= 11 is 0. The largest absolute Gasteiger partial charge is 0.477 e. The molecule has 17 heavy (non-hydrogen) atoms. The summed E-state index contributed by atoms with van der Waals surface area (Å²) < 4.78 is 1.68. The lowest BCUT2D eigenvalue weighted by molar-refractivity contribution is 0.0688. The molecule has 0 fully saturated rings. The smallest absolute Gasteiger partial charge is 0.352 e. The van der Waals surface area contributed by atoms with E-state index in [-0.39, 0.29) is 5.69 Å². The summed E-state index contributed by atoms with van der Waals surface area (Å²) in [4.78, 5) is 11.0. The van der Waals surface area contributed by atoms with Gasteiger partial charge in [-0.25, -0.2) is 4.79 Å². The molecule has 3 nitrogen and oxygen atoms in total. The van der Waals surface area contributed by atoms with Gasteiger partial charge in [-0.15, -0.1) is 0 Å². The average molecular weight is 229 g/mol. The highest BCUT2D eigenvalue weighted by Crippen LogP contribution is 2.14. The molecule has 88 valence electrons. The van der Waals surface area contributed by atoms with E-state index in [1.807, 2.05) is 24.3 Å². The number of benzene rings is 1. The molecular weight excluding hydrogens is 214 g/mol. The van der Waals surface area contributed by atoms with Crippen molar-refractivity contribution in [3.05, 3.63) is 53.9 Å². The van der Waals surface area contributed by atoms with Crippen LogP contribution in [0.2, 0.25) is 0 Å². The summed E-state index contributed by atoms with van der Waals surface area (Å²) in [6.07, 6.45) is 3.93. The molecule has 0 spiro atoms. The summed E-state index contributed by atoms with van der Waals surface area (Å²) in [5.41, 5.74) is 2.45. The summed E-state index contributed by atoms with van der Waals surface area (Å²) in [6.45, 7) is 2.14. The number of aromatic carboxylic acids is 1. The molecule has 0 unspecified atom stereocenters. The number of carboxylic acids is 1. The summed E-state index contributed by atoms with van der Waals surface area (Å²) in [5.74, 6) is -0.910. The molecular formula is C14H15NO2. The van der Waals surface area contributed by atoms with Gasteiger partial charge in [0.2, 0.25) is 0 Å². The molecule has 2 aromatic rings. The Labute approximate surface area is 100 Å². The molecule has 1 aromatic carbocycles. The number of nitrogens with zero attached hydrogens (tertiary/aromatic N) is 1. The molecule has 1 aromatic heterocycles. The third kappa shape index (κ3) is 2.38. The quantitative estimate of drug-likeness (QED) is 0.875. The highest BCUT2D eigenvalue weighted by molar-refractivity contribution is 5.86. The fraction of sp³-hybridized carbons (Fsp3) is 0.214. The molecule has 1 heterocycles. The number of hydrogen-bond acceptors (Lipinski definition) is 1. The lowest BCUT2D eigenvalue weighted by Crippen LogP contribution is -2.05. The van der Waals surface area contributed by atoms with Gasteiger partial charge in [0, 0.05) is 11.9 Å². The van der Waals surface area contributed by atoms with Crippen molar-refractivity contribution in [1.29, 1.82) is 0 Å². The van der Waals surface area contributed by atoms with Gasteiger partial charge in [-0.05, 0) is 36.2 Å². The third-order valence-electron chi connectivity index (χ3n) is 2.72. The van der Waals surface area contributed by atoms with E-state index >= 15 is 0 Å². The molecule has 0 aliphatic heterocycles. The van der Waals surface area contributed by atoms with E-state index in [4.69, 9.17) is 5.11 Å². The van der Waals surface area contributed by atoms with E-state index in [0.717, 1.165) is 18.5 Å². The molecule has 0 aliphatic carbocycles. The Balaban J connectivity index is 2.33. The molecule has 0 bridgehead atoms. The molecule has 2 rings (SSSR count). The van der Waals surface area contributed by atoms with Crippen LogP contribution in [-0.4, -0.2) is 15.6 Å². The lowest BCUT2D eigenvalue weighted by atomic mass is 10.1. The van der Waals surface area contributed by atoms with E-state index in [9.17, 15) is 4.79 Å². The van der Waals surface area contributed by atoms with Crippen LogP contribution in [0.5, 0.6) is 0 Å². The number of carboxylic acid groups (broad SMARTS) is 1. The maximum absolute atomic E-state index is 11.0. The van der Waals surface area contributed by atoms with Gasteiger partial charge in [-0.3, -0.25) is 0 Å². The van der Waals surface area contributed by atoms with Crippen LogP contribution in [0.4, 0.5) is 0 Å². The van der Waals surface area contributed by atoms with Gasteiger partial charge in [-0.1, -0.05) is 25.5 Å². The number of aryl methyl sites for hydroxylation is 1. The first-order chi connectivity index (χ1) is 8.22. The summed E-state index contributed by atoms with van der Waals surface area (Å²) in [6, 6.07) is 11.3. The normalized spacial score (nSPS) is 10.4. The van der Waals surface area contributed by atoms with E-state index in [1.54, 1.807) is 22.9 Å². The molecule has 0 atom stereocenters. The Morgan fingerprint density at radius 1 is 1.24 bits per heavy atom. The zero-order chi connectivity index (χ0) is 12.3. The number of aromatic nitrogens is 1. The second-order valence-corrected chi connectivity index (χ2v) is 3.99. The van der Waals surface area contributed by atoms with Crippen LogP contribution in [0, 0.1) is 0 Å². The van der Waals surface area contributed by atoms with Crippen molar-refractivity contribution in [1.82, 2.24) is 4.57 Å². The second-order valence-electron chi connectivity index (χ2n) is 3.99. The minimum Gasteiger partial charge on any atom is -0.477 e. The standard InChI is InChI=1S/C14H15NO2/c1-2-4-11-6-8-12(9-7-11)15-10-3-5-13(15)14(16)17/h3,5-10H,2,4H2,1H3,(H,16,17). The zero-order valence-electron chi connectivity index (χ0n) is 9.76. The molecule has 3 heteroatoms. The minimum atomic E-state index is -0.910. The van der Waals surface area contributed by atoms with Crippen LogP contribution in [0.15, 0.2) is 42.6 Å². The van der Waals surface area contributed by atoms with Crippen molar-refractivity contribution in [3.63, 3.8) is 0 Å². The van der Waals surface area contributed by atoms with Crippen molar-refractivity contribution in [3.8, 4) is 5.69 Å². The fourth-order valence-corrected chi connectivity index (χ4v) is 1.89. The number of hydrogen-bond donors (Lipinski definition) is 1. The lowest BCUT2D eigenvalue weighted by Gasteiger charge is -2.07. The Hall–Kier alpha value is -2.03. The minimum absolute atomic E-state index is 0.285. The van der Waals surface area contributed by atoms with Crippen molar-refractivity contribution >= 4 is 5.97 Å². The van der Waals surface area contributed by atoms with Gasteiger partial charge in [-0.2, -0.15) is 0 Å². The van der Waals surface area contributed by atoms with E-state index in [2.05, 4.69) is 6.92 Å². The Kier molecular flexibility index (Phi) is 3.28. The van der Waals surface area contributed by atoms with E-state index < -0.39 is 5.97 Å².